The van der Waals surface area contributed by atoms with E-state index in [4.69, 9.17) is 15.3 Å². The van der Waals surface area contributed by atoms with E-state index in [2.05, 4.69) is 4.98 Å². The van der Waals surface area contributed by atoms with Crippen LogP contribution in [0.25, 0.3) is 0 Å². The molecule has 5 nitrogen and oxygen atoms in total. The molecule has 0 aliphatic carbocycles. The fourth-order valence-electron chi connectivity index (χ4n) is 1.49. The van der Waals surface area contributed by atoms with Crippen molar-refractivity contribution in [2.45, 2.75) is 50.8 Å². The summed E-state index contributed by atoms with van der Waals surface area (Å²) in [7, 11) is 0. The summed E-state index contributed by atoms with van der Waals surface area (Å²) in [5.74, 6) is 0.647. The molecule has 18 heavy (non-hydrogen) atoms. The predicted octanol–water partition coefficient (Wildman–Crippen LogP) is 2.36. The van der Waals surface area contributed by atoms with Gasteiger partial charge in [-0.05, 0) is 33.1 Å². The number of hydrogen-bond acceptors (Lipinski definition) is 5. The minimum Gasteiger partial charge on any atom is -0.480 e. The molecule has 0 saturated heterocycles. The lowest BCUT2D eigenvalue weighted by Crippen LogP contribution is -2.47. The van der Waals surface area contributed by atoms with Gasteiger partial charge in [0.1, 0.15) is 11.3 Å². The predicted molar refractivity (Wildman–Crippen MR) is 70.8 cm³/mol. The average molecular weight is 272 g/mol. The summed E-state index contributed by atoms with van der Waals surface area (Å²) in [6, 6.07) is 0. The second kappa shape index (κ2) is 6.24. The maximum atomic E-state index is 11.0. The van der Waals surface area contributed by atoms with Gasteiger partial charge in [0, 0.05) is 5.75 Å². The maximum absolute atomic E-state index is 11.0. The molecule has 0 aromatic carbocycles. The Morgan fingerprint density at radius 2 is 2.22 bits per heavy atom. The van der Waals surface area contributed by atoms with Crippen molar-refractivity contribution in [3.05, 3.63) is 11.5 Å². The molecule has 1 aromatic rings. The van der Waals surface area contributed by atoms with E-state index in [-0.39, 0.29) is 0 Å². The zero-order valence-corrected chi connectivity index (χ0v) is 11.8. The van der Waals surface area contributed by atoms with Crippen LogP contribution in [-0.4, -0.2) is 27.4 Å². The van der Waals surface area contributed by atoms with Crippen molar-refractivity contribution < 1.29 is 14.3 Å². The molecule has 0 aliphatic rings. The van der Waals surface area contributed by atoms with Crippen LogP contribution in [0.5, 0.6) is 0 Å². The number of hydrogen-bond donors (Lipinski definition) is 2. The zero-order chi connectivity index (χ0) is 13.8. The molecule has 1 rings (SSSR count). The zero-order valence-electron chi connectivity index (χ0n) is 11.0. The van der Waals surface area contributed by atoms with Crippen LogP contribution in [-0.2, 0) is 4.79 Å². The molecule has 102 valence electrons. The SMILES string of the molecule is CCC(N)(CCCSc1nc(C)c(C)o1)C(=O)O. The van der Waals surface area contributed by atoms with Gasteiger partial charge in [-0.3, -0.25) is 4.79 Å². The molecule has 3 N–H and O–H groups in total. The fraction of sp³-hybridized carbons (Fsp3) is 0.667. The van der Waals surface area contributed by atoms with Crippen molar-refractivity contribution in [3.8, 4) is 0 Å². The molecule has 0 aliphatic heterocycles. The first-order valence-electron chi connectivity index (χ1n) is 5.98. The molecule has 1 aromatic heterocycles. The highest BCUT2D eigenvalue weighted by Gasteiger charge is 2.30. The van der Waals surface area contributed by atoms with Gasteiger partial charge in [-0.2, -0.15) is 0 Å². The van der Waals surface area contributed by atoms with Gasteiger partial charge in [-0.25, -0.2) is 4.98 Å². The van der Waals surface area contributed by atoms with E-state index >= 15 is 0 Å². The van der Waals surface area contributed by atoms with Crippen LogP contribution < -0.4 is 5.73 Å². The van der Waals surface area contributed by atoms with Crippen molar-refractivity contribution >= 4 is 17.7 Å². The van der Waals surface area contributed by atoms with E-state index < -0.39 is 11.5 Å². The second-order valence-electron chi connectivity index (χ2n) is 4.39. The van der Waals surface area contributed by atoms with Crippen LogP contribution in [0.4, 0.5) is 0 Å². The van der Waals surface area contributed by atoms with Crippen LogP contribution in [0.1, 0.15) is 37.6 Å². The van der Waals surface area contributed by atoms with E-state index in [1.54, 1.807) is 6.92 Å². The number of nitrogens with two attached hydrogens (primary N) is 1. The molecule has 1 heterocycles. The highest BCUT2D eigenvalue weighted by molar-refractivity contribution is 7.99. The lowest BCUT2D eigenvalue weighted by molar-refractivity contribution is -0.143. The minimum atomic E-state index is -1.11. The minimum absolute atomic E-state index is 0.435. The summed E-state index contributed by atoms with van der Waals surface area (Å²) in [6.45, 7) is 5.57. The molecule has 0 amide bonds. The van der Waals surface area contributed by atoms with Gasteiger partial charge in [0.25, 0.3) is 5.22 Å². The number of nitrogens with zero attached hydrogens (tertiary/aromatic N) is 1. The first-order chi connectivity index (χ1) is 8.39. The quantitative estimate of drug-likeness (QED) is 0.585. The summed E-state index contributed by atoms with van der Waals surface area (Å²) in [6.07, 6.45) is 1.62. The molecule has 0 spiro atoms. The van der Waals surface area contributed by atoms with Crippen molar-refractivity contribution in [3.63, 3.8) is 0 Å². The van der Waals surface area contributed by atoms with Gasteiger partial charge in [-0.15, -0.1) is 0 Å². The lowest BCUT2D eigenvalue weighted by Gasteiger charge is -2.22. The number of carboxylic acids is 1. The molecular weight excluding hydrogens is 252 g/mol. The molecule has 0 radical (unpaired) electrons. The Morgan fingerprint density at radius 1 is 1.56 bits per heavy atom. The number of aromatic nitrogens is 1. The van der Waals surface area contributed by atoms with Crippen LogP contribution in [0.2, 0.25) is 0 Å². The Labute approximate surface area is 111 Å². The fourth-order valence-corrected chi connectivity index (χ4v) is 2.34. The summed E-state index contributed by atoms with van der Waals surface area (Å²) in [5.41, 5.74) is 5.59. The number of rotatable bonds is 7. The van der Waals surface area contributed by atoms with E-state index in [9.17, 15) is 4.79 Å². The maximum Gasteiger partial charge on any atom is 0.323 e. The van der Waals surface area contributed by atoms with Crippen LogP contribution in [0.15, 0.2) is 9.64 Å². The summed E-state index contributed by atoms with van der Waals surface area (Å²) in [4.78, 5) is 15.2. The molecular formula is C12H20N2O3S. The Morgan fingerprint density at radius 3 is 2.67 bits per heavy atom. The Hall–Kier alpha value is -1.01. The van der Waals surface area contributed by atoms with E-state index in [0.717, 1.165) is 23.6 Å². The monoisotopic (exact) mass is 272 g/mol. The normalized spacial score (nSPS) is 14.4. The van der Waals surface area contributed by atoms with E-state index in [1.165, 1.54) is 11.8 Å². The number of carbonyl (C=O) groups is 1. The third kappa shape index (κ3) is 3.74. The summed E-state index contributed by atoms with van der Waals surface area (Å²) in [5, 5.41) is 9.66. The van der Waals surface area contributed by atoms with Crippen LogP contribution in [0.3, 0.4) is 0 Å². The van der Waals surface area contributed by atoms with Gasteiger partial charge in [0.2, 0.25) is 0 Å². The number of aliphatic carboxylic acids is 1. The average Bonchev–Trinajstić information content (AvgIpc) is 2.64. The third-order valence-electron chi connectivity index (χ3n) is 3.06. The van der Waals surface area contributed by atoms with Crippen molar-refractivity contribution in [1.29, 1.82) is 0 Å². The van der Waals surface area contributed by atoms with E-state index in [1.807, 2.05) is 13.8 Å². The van der Waals surface area contributed by atoms with Crippen LogP contribution in [0, 0.1) is 13.8 Å². The van der Waals surface area contributed by atoms with E-state index in [0.29, 0.717) is 18.1 Å². The smallest absolute Gasteiger partial charge is 0.323 e. The number of oxazole rings is 1. The van der Waals surface area contributed by atoms with Crippen molar-refractivity contribution in [2.75, 3.05) is 5.75 Å². The standard InChI is InChI=1S/C12H20N2O3S/c1-4-12(13,10(15)16)6-5-7-18-11-14-8(2)9(3)17-11/h4-7,13H2,1-3H3,(H,15,16). The van der Waals surface area contributed by atoms with Crippen LogP contribution >= 0.6 is 11.8 Å². The lowest BCUT2D eigenvalue weighted by atomic mass is 9.92. The first kappa shape index (κ1) is 15.0. The number of carboxylic acid groups (broad SMARTS) is 1. The Bertz CT molecular complexity index is 400. The Kier molecular flexibility index (Phi) is 5.22. The first-order valence-corrected chi connectivity index (χ1v) is 6.96. The van der Waals surface area contributed by atoms with Gasteiger partial charge in [-0.1, -0.05) is 18.7 Å². The van der Waals surface area contributed by atoms with Gasteiger partial charge >= 0.3 is 5.97 Å². The molecule has 0 saturated carbocycles. The van der Waals surface area contributed by atoms with Gasteiger partial charge in [0.15, 0.2) is 0 Å². The third-order valence-corrected chi connectivity index (χ3v) is 3.97. The molecule has 0 bridgehead atoms. The van der Waals surface area contributed by atoms with Gasteiger partial charge < -0.3 is 15.3 Å². The van der Waals surface area contributed by atoms with Crippen molar-refractivity contribution in [2.24, 2.45) is 5.73 Å². The molecule has 0 fully saturated rings. The topological polar surface area (TPSA) is 89.4 Å². The molecule has 1 unspecified atom stereocenters. The second-order valence-corrected chi connectivity index (χ2v) is 5.43. The molecule has 1 atom stereocenters. The largest absolute Gasteiger partial charge is 0.480 e. The van der Waals surface area contributed by atoms with Gasteiger partial charge in [0.05, 0.1) is 5.69 Å². The highest BCUT2D eigenvalue weighted by Crippen LogP contribution is 2.23. The highest BCUT2D eigenvalue weighted by atomic mass is 32.2. The number of thioether (sulfide) groups is 1. The number of aryl methyl sites for hydroxylation is 2. The summed E-state index contributed by atoms with van der Waals surface area (Å²) >= 11 is 1.49. The Balaban J connectivity index is 2.36. The van der Waals surface area contributed by atoms with Crippen molar-refractivity contribution in [1.82, 2.24) is 4.98 Å². The molecule has 6 heteroatoms. The summed E-state index contributed by atoms with van der Waals surface area (Å²) < 4.78 is 5.42.